The van der Waals surface area contributed by atoms with E-state index in [1.54, 1.807) is 13.0 Å². The van der Waals surface area contributed by atoms with Crippen molar-refractivity contribution in [1.29, 1.82) is 0 Å². The van der Waals surface area contributed by atoms with Gasteiger partial charge in [-0.2, -0.15) is 4.31 Å². The molecular weight excluding hydrogens is 332 g/mol. The molecule has 2 aliphatic rings. The van der Waals surface area contributed by atoms with Crippen molar-refractivity contribution in [2.24, 2.45) is 0 Å². The number of fused-ring (bicyclic) bond motifs is 1. The molecule has 0 unspecified atom stereocenters. The number of sulfonamides is 1. The molecule has 1 aromatic rings. The van der Waals surface area contributed by atoms with Gasteiger partial charge in [0.15, 0.2) is 11.5 Å². The minimum absolute atomic E-state index is 0.0244. The summed E-state index contributed by atoms with van der Waals surface area (Å²) in [4.78, 5) is 14.4. The van der Waals surface area contributed by atoms with Crippen molar-refractivity contribution in [2.45, 2.75) is 36.7 Å². The number of rotatable bonds is 4. The highest BCUT2D eigenvalue weighted by Crippen LogP contribution is 2.33. The van der Waals surface area contributed by atoms with Crippen LogP contribution in [0.25, 0.3) is 0 Å². The molecule has 24 heavy (non-hydrogen) atoms. The predicted molar refractivity (Wildman–Crippen MR) is 87.6 cm³/mol. The third-order valence-electron chi connectivity index (χ3n) is 4.80. The summed E-state index contributed by atoms with van der Waals surface area (Å²) in [6.45, 7) is 2.71. The van der Waals surface area contributed by atoms with Gasteiger partial charge in [0, 0.05) is 25.2 Å². The number of carbonyl (C=O) groups excluding carboxylic acids is 1. The van der Waals surface area contributed by atoms with Gasteiger partial charge in [-0.1, -0.05) is 0 Å². The molecule has 0 bridgehead atoms. The van der Waals surface area contributed by atoms with Crippen molar-refractivity contribution in [3.8, 4) is 11.5 Å². The highest BCUT2D eigenvalue weighted by atomic mass is 32.2. The van der Waals surface area contributed by atoms with Crippen LogP contribution in [-0.2, 0) is 14.8 Å². The minimum atomic E-state index is -3.79. The van der Waals surface area contributed by atoms with Gasteiger partial charge in [-0.25, -0.2) is 8.42 Å². The molecule has 2 fully saturated rings. The maximum Gasteiger partial charge on any atom is 0.244 e. The average Bonchev–Trinajstić information content (AvgIpc) is 3.06. The Hall–Kier alpha value is -1.80. The van der Waals surface area contributed by atoms with Gasteiger partial charge in [0.2, 0.25) is 15.9 Å². The Bertz CT molecular complexity index is 749. The Morgan fingerprint density at radius 3 is 2.54 bits per heavy atom. The van der Waals surface area contributed by atoms with Crippen LogP contribution in [0.1, 0.15) is 19.8 Å². The zero-order chi connectivity index (χ0) is 17.5. The first-order chi connectivity index (χ1) is 11.4. The van der Waals surface area contributed by atoms with Crippen LogP contribution < -0.4 is 9.47 Å². The van der Waals surface area contributed by atoms with E-state index in [1.165, 1.54) is 30.7 Å². The van der Waals surface area contributed by atoms with E-state index in [4.69, 9.17) is 9.47 Å². The normalized spacial score (nSPS) is 24.8. The summed E-state index contributed by atoms with van der Waals surface area (Å²) < 4.78 is 37.8. The van der Waals surface area contributed by atoms with E-state index in [0.29, 0.717) is 18.0 Å². The summed E-state index contributed by atoms with van der Waals surface area (Å²) in [7, 11) is -0.842. The van der Waals surface area contributed by atoms with Crippen molar-refractivity contribution in [2.75, 3.05) is 27.3 Å². The van der Waals surface area contributed by atoms with E-state index < -0.39 is 16.1 Å². The van der Waals surface area contributed by atoms with E-state index in [9.17, 15) is 13.2 Å². The molecule has 1 aromatic carbocycles. The first kappa shape index (κ1) is 17.0. The molecule has 2 atom stereocenters. The van der Waals surface area contributed by atoms with Crippen molar-refractivity contribution in [3.05, 3.63) is 18.2 Å². The molecule has 0 aromatic heterocycles. The van der Waals surface area contributed by atoms with E-state index in [2.05, 4.69) is 0 Å². The summed E-state index contributed by atoms with van der Waals surface area (Å²) in [6, 6.07) is 3.76. The molecule has 132 valence electrons. The smallest absolute Gasteiger partial charge is 0.244 e. The summed E-state index contributed by atoms with van der Waals surface area (Å²) >= 11 is 0. The number of amides is 1. The second-order valence-electron chi connectivity index (χ2n) is 6.10. The van der Waals surface area contributed by atoms with Crippen LogP contribution >= 0.6 is 0 Å². The molecule has 8 heteroatoms. The SMILES string of the molecule is COc1ccc(S(=O)(=O)N2C[C@H]3CCCN3C(=O)[C@H]2C)cc1OC. The number of nitrogens with zero attached hydrogens (tertiary/aromatic N) is 2. The lowest BCUT2D eigenvalue weighted by molar-refractivity contribution is -0.139. The zero-order valence-electron chi connectivity index (χ0n) is 14.1. The van der Waals surface area contributed by atoms with Gasteiger partial charge in [0.05, 0.1) is 19.1 Å². The number of methoxy groups -OCH3 is 2. The molecule has 3 rings (SSSR count). The van der Waals surface area contributed by atoms with Crippen molar-refractivity contribution < 1.29 is 22.7 Å². The summed E-state index contributed by atoms with van der Waals surface area (Å²) in [5, 5.41) is 0. The van der Waals surface area contributed by atoms with Gasteiger partial charge < -0.3 is 14.4 Å². The number of ether oxygens (including phenoxy) is 2. The Kier molecular flexibility index (Phi) is 4.44. The molecule has 1 amide bonds. The predicted octanol–water partition coefficient (Wildman–Crippen LogP) is 1.09. The molecule has 0 spiro atoms. The Labute approximate surface area is 142 Å². The van der Waals surface area contributed by atoms with Crippen molar-refractivity contribution in [3.63, 3.8) is 0 Å². The molecule has 0 aliphatic carbocycles. The lowest BCUT2D eigenvalue weighted by Gasteiger charge is -2.40. The fraction of sp³-hybridized carbons (Fsp3) is 0.562. The summed E-state index contributed by atoms with van der Waals surface area (Å²) in [5.74, 6) is 0.686. The average molecular weight is 354 g/mol. The maximum atomic E-state index is 13.1. The number of hydrogen-bond acceptors (Lipinski definition) is 5. The van der Waals surface area contributed by atoms with Crippen LogP contribution in [0.2, 0.25) is 0 Å². The molecule has 0 radical (unpaired) electrons. The second-order valence-corrected chi connectivity index (χ2v) is 7.99. The van der Waals surface area contributed by atoms with Crippen LogP contribution in [0.15, 0.2) is 23.1 Å². The van der Waals surface area contributed by atoms with E-state index >= 15 is 0 Å². The second kappa shape index (κ2) is 6.25. The third kappa shape index (κ3) is 2.63. The molecule has 2 aliphatic heterocycles. The Balaban J connectivity index is 1.96. The first-order valence-electron chi connectivity index (χ1n) is 7.94. The van der Waals surface area contributed by atoms with Gasteiger partial charge in [0.1, 0.15) is 6.04 Å². The van der Waals surface area contributed by atoms with Crippen molar-refractivity contribution >= 4 is 15.9 Å². The Morgan fingerprint density at radius 2 is 1.88 bits per heavy atom. The topological polar surface area (TPSA) is 76.2 Å². The monoisotopic (exact) mass is 354 g/mol. The highest BCUT2D eigenvalue weighted by Gasteiger charge is 2.45. The zero-order valence-corrected chi connectivity index (χ0v) is 14.9. The van der Waals surface area contributed by atoms with Crippen LogP contribution in [0.3, 0.4) is 0 Å². The number of carbonyl (C=O) groups is 1. The van der Waals surface area contributed by atoms with Gasteiger partial charge >= 0.3 is 0 Å². The minimum Gasteiger partial charge on any atom is -0.493 e. The molecule has 2 heterocycles. The van der Waals surface area contributed by atoms with Crippen molar-refractivity contribution in [1.82, 2.24) is 9.21 Å². The molecule has 0 N–H and O–H groups in total. The largest absolute Gasteiger partial charge is 0.493 e. The number of benzene rings is 1. The Morgan fingerprint density at radius 1 is 1.17 bits per heavy atom. The third-order valence-corrected chi connectivity index (χ3v) is 6.73. The fourth-order valence-electron chi connectivity index (χ4n) is 3.46. The van der Waals surface area contributed by atoms with Gasteiger partial charge in [-0.15, -0.1) is 0 Å². The lowest BCUT2D eigenvalue weighted by Crippen LogP contribution is -2.59. The number of hydrogen-bond donors (Lipinski definition) is 0. The molecule has 7 nitrogen and oxygen atoms in total. The summed E-state index contributed by atoms with van der Waals surface area (Å²) in [5.41, 5.74) is 0. The van der Waals surface area contributed by atoms with Crippen LogP contribution in [0, 0.1) is 0 Å². The van der Waals surface area contributed by atoms with E-state index in [1.807, 2.05) is 4.90 Å². The number of piperazine rings is 1. The quantitative estimate of drug-likeness (QED) is 0.809. The first-order valence-corrected chi connectivity index (χ1v) is 9.38. The van der Waals surface area contributed by atoms with E-state index in [-0.39, 0.29) is 16.8 Å². The van der Waals surface area contributed by atoms with E-state index in [0.717, 1.165) is 19.4 Å². The van der Waals surface area contributed by atoms with Crippen LogP contribution in [0.5, 0.6) is 11.5 Å². The van der Waals surface area contributed by atoms with Crippen LogP contribution in [0.4, 0.5) is 0 Å². The highest BCUT2D eigenvalue weighted by molar-refractivity contribution is 7.89. The summed E-state index contributed by atoms with van der Waals surface area (Å²) in [6.07, 6.45) is 1.77. The standard InChI is InChI=1S/C16H22N2O5S/c1-11-16(19)17-8-4-5-12(17)10-18(11)24(20,21)13-6-7-14(22-2)15(9-13)23-3/h6-7,9,11-12H,4-5,8,10H2,1-3H3/t11-,12-/m1/s1. The van der Waals surface area contributed by atoms with Crippen LogP contribution in [-0.4, -0.2) is 62.9 Å². The fourth-order valence-corrected chi connectivity index (χ4v) is 5.10. The maximum absolute atomic E-state index is 13.1. The van der Waals surface area contributed by atoms with Gasteiger partial charge in [-0.05, 0) is 31.9 Å². The molecular formula is C16H22N2O5S. The lowest BCUT2D eigenvalue weighted by atomic mass is 10.1. The van der Waals surface area contributed by atoms with Gasteiger partial charge in [-0.3, -0.25) is 4.79 Å². The molecule has 0 saturated carbocycles. The molecule has 2 saturated heterocycles. The van der Waals surface area contributed by atoms with Gasteiger partial charge in [0.25, 0.3) is 0 Å².